The molecule has 0 amide bonds. The summed E-state index contributed by atoms with van der Waals surface area (Å²) in [7, 11) is 0. The Labute approximate surface area is 114 Å². The van der Waals surface area contributed by atoms with E-state index in [1.807, 2.05) is 0 Å². The number of anilines is 1. The monoisotopic (exact) mass is 277 g/mol. The number of hydrogen-bond donors (Lipinski definition) is 4. The highest BCUT2D eigenvalue weighted by molar-refractivity contribution is 5.79. The van der Waals surface area contributed by atoms with E-state index in [0.29, 0.717) is 17.3 Å². The Hall–Kier alpha value is -1.96. The van der Waals surface area contributed by atoms with Gasteiger partial charge in [-0.1, -0.05) is 6.07 Å². The summed E-state index contributed by atoms with van der Waals surface area (Å²) in [6.07, 6.45) is -1.25. The number of nitrogens with zero attached hydrogens (tertiary/aromatic N) is 1. The molecule has 0 bridgehead atoms. The minimum absolute atomic E-state index is 0.0723. The molecule has 2 heterocycles. The molecule has 20 heavy (non-hydrogen) atoms. The third-order valence-corrected chi connectivity index (χ3v) is 3.52. The van der Waals surface area contributed by atoms with Crippen molar-refractivity contribution in [3.05, 3.63) is 34.1 Å². The first-order valence-electron chi connectivity index (χ1n) is 6.32. The van der Waals surface area contributed by atoms with Crippen molar-refractivity contribution in [1.29, 1.82) is 0 Å². The van der Waals surface area contributed by atoms with Crippen molar-refractivity contribution in [2.45, 2.75) is 24.7 Å². The zero-order chi connectivity index (χ0) is 14.3. The number of nitrogen functional groups attached to an aromatic ring is 1. The molecule has 3 rings (SSSR count). The number of rotatable bonds is 2. The molecule has 1 aromatic heterocycles. The van der Waals surface area contributed by atoms with E-state index in [4.69, 9.17) is 15.6 Å². The minimum Gasteiger partial charge on any atom is -0.394 e. The summed E-state index contributed by atoms with van der Waals surface area (Å²) >= 11 is 0. The van der Waals surface area contributed by atoms with Crippen molar-refractivity contribution in [3.63, 3.8) is 0 Å². The number of nitrogens with two attached hydrogens (primary N) is 1. The largest absolute Gasteiger partial charge is 0.394 e. The maximum Gasteiger partial charge on any atom is 0.260 e. The Kier molecular flexibility index (Phi) is 3.17. The highest BCUT2D eigenvalue weighted by atomic mass is 16.5. The first-order valence-corrected chi connectivity index (χ1v) is 6.32. The lowest BCUT2D eigenvalue weighted by Gasteiger charge is -2.12. The van der Waals surface area contributed by atoms with Crippen LogP contribution in [-0.4, -0.2) is 39.0 Å². The molecule has 1 saturated heterocycles. The quantitative estimate of drug-likeness (QED) is 0.597. The van der Waals surface area contributed by atoms with Crippen LogP contribution in [-0.2, 0) is 4.74 Å². The number of aliphatic hydroxyl groups is 2. The predicted octanol–water partition coefficient (Wildman–Crippen LogP) is -0.312. The van der Waals surface area contributed by atoms with Gasteiger partial charge in [0.15, 0.2) is 0 Å². The molecule has 7 nitrogen and oxygen atoms in total. The Bertz CT molecular complexity index is 700. The number of benzene rings is 1. The van der Waals surface area contributed by atoms with E-state index < -0.39 is 12.2 Å². The van der Waals surface area contributed by atoms with Crippen LogP contribution in [0.3, 0.4) is 0 Å². The van der Waals surface area contributed by atoms with Crippen molar-refractivity contribution in [2.75, 3.05) is 12.3 Å². The fourth-order valence-electron chi connectivity index (χ4n) is 2.48. The zero-order valence-corrected chi connectivity index (χ0v) is 10.6. The number of hydrogen-bond acceptors (Lipinski definition) is 6. The molecule has 0 aliphatic carbocycles. The van der Waals surface area contributed by atoms with Crippen molar-refractivity contribution in [3.8, 4) is 0 Å². The molecule has 1 aliphatic rings. The number of fused-ring (bicyclic) bond motifs is 1. The molecule has 3 atom stereocenters. The van der Waals surface area contributed by atoms with Gasteiger partial charge in [0, 0.05) is 6.42 Å². The Morgan fingerprint density at radius 1 is 1.50 bits per heavy atom. The van der Waals surface area contributed by atoms with Gasteiger partial charge in [0.25, 0.3) is 5.56 Å². The average Bonchev–Trinajstić information content (AvgIpc) is 2.79. The van der Waals surface area contributed by atoms with Crippen LogP contribution in [0.4, 0.5) is 5.95 Å². The van der Waals surface area contributed by atoms with Gasteiger partial charge in [0.2, 0.25) is 5.95 Å². The lowest BCUT2D eigenvalue weighted by molar-refractivity contribution is -0.0225. The summed E-state index contributed by atoms with van der Waals surface area (Å²) in [5.74, 6) is 0.0723. The first kappa shape index (κ1) is 13.0. The van der Waals surface area contributed by atoms with Crippen LogP contribution >= 0.6 is 0 Å². The summed E-state index contributed by atoms with van der Waals surface area (Å²) in [5.41, 5.74) is 6.45. The number of aromatic amines is 1. The molecule has 5 N–H and O–H groups in total. The highest BCUT2D eigenvalue weighted by Gasteiger charge is 2.34. The number of H-pyrrole nitrogens is 1. The van der Waals surface area contributed by atoms with Crippen LogP contribution in [0.25, 0.3) is 10.9 Å². The number of aromatic nitrogens is 2. The number of ether oxygens (including phenoxy) is 1. The number of aliphatic hydroxyl groups excluding tert-OH is 2. The molecule has 1 aromatic carbocycles. The van der Waals surface area contributed by atoms with Gasteiger partial charge in [-0.25, -0.2) is 4.98 Å². The highest BCUT2D eigenvalue weighted by Crippen LogP contribution is 2.33. The smallest absolute Gasteiger partial charge is 0.260 e. The van der Waals surface area contributed by atoms with Crippen molar-refractivity contribution < 1.29 is 14.9 Å². The molecule has 0 spiro atoms. The summed E-state index contributed by atoms with van der Waals surface area (Å²) < 4.78 is 5.56. The summed E-state index contributed by atoms with van der Waals surface area (Å²) in [4.78, 5) is 18.3. The Morgan fingerprint density at radius 3 is 3.00 bits per heavy atom. The molecule has 106 valence electrons. The van der Waals surface area contributed by atoms with Crippen molar-refractivity contribution in [1.82, 2.24) is 9.97 Å². The van der Waals surface area contributed by atoms with E-state index in [1.54, 1.807) is 18.2 Å². The van der Waals surface area contributed by atoms with Gasteiger partial charge in [0.1, 0.15) is 6.10 Å². The van der Waals surface area contributed by atoms with E-state index in [0.717, 1.165) is 5.56 Å². The second-order valence-corrected chi connectivity index (χ2v) is 4.88. The molecule has 0 unspecified atom stereocenters. The van der Waals surface area contributed by atoms with Crippen LogP contribution in [0.1, 0.15) is 18.1 Å². The SMILES string of the molecule is Nc1nc2ccc([C@H]3C[C@H](O)[C@@H](CO)O3)cc2c(=O)[nH]1. The summed E-state index contributed by atoms with van der Waals surface area (Å²) in [6.45, 7) is -0.232. The second-order valence-electron chi connectivity index (χ2n) is 4.88. The Balaban J connectivity index is 2.00. The molecule has 1 aliphatic heterocycles. The van der Waals surface area contributed by atoms with E-state index in [-0.39, 0.29) is 24.2 Å². The third-order valence-electron chi connectivity index (χ3n) is 3.52. The van der Waals surface area contributed by atoms with Gasteiger partial charge in [-0.3, -0.25) is 9.78 Å². The van der Waals surface area contributed by atoms with Gasteiger partial charge in [-0.2, -0.15) is 0 Å². The second kappa shape index (κ2) is 4.86. The fourth-order valence-corrected chi connectivity index (χ4v) is 2.48. The van der Waals surface area contributed by atoms with Crippen LogP contribution < -0.4 is 11.3 Å². The Morgan fingerprint density at radius 2 is 2.30 bits per heavy atom. The third kappa shape index (κ3) is 2.15. The van der Waals surface area contributed by atoms with E-state index >= 15 is 0 Å². The molecular formula is C13H15N3O4. The minimum atomic E-state index is -0.705. The van der Waals surface area contributed by atoms with E-state index in [9.17, 15) is 9.90 Å². The normalized spacial score (nSPS) is 26.2. The van der Waals surface area contributed by atoms with Crippen molar-refractivity contribution >= 4 is 16.9 Å². The fraction of sp³-hybridized carbons (Fsp3) is 0.385. The van der Waals surface area contributed by atoms with E-state index in [2.05, 4.69) is 9.97 Å². The standard InChI is InChI=1S/C13H15N3O4/c14-13-15-8-2-1-6(3-7(8)12(19)16-13)10-4-9(18)11(5-17)20-10/h1-3,9-11,17-18H,4-5H2,(H3,14,15,16,19)/t9-,10+,11+/m0/s1. The van der Waals surface area contributed by atoms with Gasteiger partial charge in [-0.05, 0) is 17.7 Å². The maximum atomic E-state index is 11.8. The molecule has 0 radical (unpaired) electrons. The molecule has 1 fully saturated rings. The predicted molar refractivity (Wildman–Crippen MR) is 72.1 cm³/mol. The topological polar surface area (TPSA) is 121 Å². The summed E-state index contributed by atoms with van der Waals surface area (Å²) in [5, 5.41) is 19.2. The molecule has 2 aromatic rings. The zero-order valence-electron chi connectivity index (χ0n) is 10.6. The lowest BCUT2D eigenvalue weighted by Crippen LogP contribution is -2.24. The van der Waals surface area contributed by atoms with Crippen LogP contribution in [0, 0.1) is 0 Å². The van der Waals surface area contributed by atoms with Crippen LogP contribution in [0.2, 0.25) is 0 Å². The first-order chi connectivity index (χ1) is 9.58. The van der Waals surface area contributed by atoms with Crippen molar-refractivity contribution in [2.24, 2.45) is 0 Å². The molecular weight excluding hydrogens is 262 g/mol. The van der Waals surface area contributed by atoms with Gasteiger partial charge in [-0.15, -0.1) is 0 Å². The number of nitrogens with one attached hydrogen (secondary N) is 1. The lowest BCUT2D eigenvalue weighted by atomic mass is 10.0. The molecule has 0 saturated carbocycles. The van der Waals surface area contributed by atoms with Gasteiger partial charge >= 0.3 is 0 Å². The summed E-state index contributed by atoms with van der Waals surface area (Å²) in [6, 6.07) is 5.15. The van der Waals surface area contributed by atoms with Crippen LogP contribution in [0.15, 0.2) is 23.0 Å². The van der Waals surface area contributed by atoms with E-state index in [1.165, 1.54) is 0 Å². The van der Waals surface area contributed by atoms with Crippen LogP contribution in [0.5, 0.6) is 0 Å². The average molecular weight is 277 g/mol. The van der Waals surface area contributed by atoms with Gasteiger partial charge < -0.3 is 20.7 Å². The maximum absolute atomic E-state index is 11.8. The van der Waals surface area contributed by atoms with Gasteiger partial charge in [0.05, 0.1) is 29.7 Å². The molecule has 7 heteroatoms.